The van der Waals surface area contributed by atoms with Crippen molar-refractivity contribution in [3.63, 3.8) is 0 Å². The standard InChI is InChI=1S/C17H19N3Se/c1-12(2)14(13-7-4-3-5-8-13)11-18-15-9-6-10-16-17(15)20-21-19-16/h3-10,12,14,18H,11H2,1-2H3. The van der Waals surface area contributed by atoms with Gasteiger partial charge in [0.25, 0.3) is 0 Å². The van der Waals surface area contributed by atoms with Crippen LogP contribution in [0.2, 0.25) is 0 Å². The van der Waals surface area contributed by atoms with Gasteiger partial charge in [-0.2, -0.15) is 0 Å². The molecule has 1 heterocycles. The Kier molecular flexibility index (Phi) is 4.37. The summed E-state index contributed by atoms with van der Waals surface area (Å²) < 4.78 is 8.96. The van der Waals surface area contributed by atoms with E-state index in [1.165, 1.54) is 5.56 Å². The summed E-state index contributed by atoms with van der Waals surface area (Å²) in [5, 5.41) is 3.58. The van der Waals surface area contributed by atoms with Crippen LogP contribution in [0.25, 0.3) is 0 Å². The van der Waals surface area contributed by atoms with Gasteiger partial charge >= 0.3 is 131 Å². The molecule has 4 heteroatoms. The molecule has 21 heavy (non-hydrogen) atoms. The van der Waals surface area contributed by atoms with Gasteiger partial charge in [-0.05, 0) is 0 Å². The van der Waals surface area contributed by atoms with Gasteiger partial charge in [-0.1, -0.05) is 0 Å². The molecule has 0 amide bonds. The van der Waals surface area contributed by atoms with Crippen molar-refractivity contribution in [1.29, 1.82) is 0 Å². The van der Waals surface area contributed by atoms with Crippen LogP contribution < -0.4 is 5.32 Å². The molecule has 0 aromatic heterocycles. The van der Waals surface area contributed by atoms with E-state index in [9.17, 15) is 0 Å². The maximum absolute atomic E-state index is 4.53. The van der Waals surface area contributed by atoms with Gasteiger partial charge in [-0.25, -0.2) is 0 Å². The molecule has 0 aliphatic carbocycles. The van der Waals surface area contributed by atoms with E-state index < -0.39 is 0 Å². The summed E-state index contributed by atoms with van der Waals surface area (Å²) >= 11 is 0.0248. The van der Waals surface area contributed by atoms with Gasteiger partial charge in [0, 0.05) is 0 Å². The van der Waals surface area contributed by atoms with Crippen LogP contribution in [0.1, 0.15) is 25.3 Å². The third-order valence-corrected chi connectivity index (χ3v) is 4.97. The van der Waals surface area contributed by atoms with E-state index in [0.29, 0.717) is 11.8 Å². The monoisotopic (exact) mass is 345 g/mol. The molecular weight excluding hydrogens is 325 g/mol. The van der Waals surface area contributed by atoms with Crippen molar-refractivity contribution in [3.05, 3.63) is 54.1 Å². The Morgan fingerprint density at radius 2 is 1.81 bits per heavy atom. The first-order chi connectivity index (χ1) is 10.3. The minimum atomic E-state index is 0.0248. The van der Waals surface area contributed by atoms with E-state index >= 15 is 0 Å². The quantitative estimate of drug-likeness (QED) is 0.658. The first-order valence-electron chi connectivity index (χ1n) is 7.26. The topological polar surface area (TPSA) is 36.8 Å². The van der Waals surface area contributed by atoms with Crippen LogP contribution in [0.4, 0.5) is 17.1 Å². The zero-order valence-corrected chi connectivity index (χ0v) is 14.0. The van der Waals surface area contributed by atoms with E-state index in [4.69, 9.17) is 0 Å². The summed E-state index contributed by atoms with van der Waals surface area (Å²) in [7, 11) is 0. The van der Waals surface area contributed by atoms with Crippen molar-refractivity contribution in [3.8, 4) is 0 Å². The molecule has 0 radical (unpaired) electrons. The maximum atomic E-state index is 4.53. The number of hydrogen-bond acceptors (Lipinski definition) is 3. The third kappa shape index (κ3) is 3.17. The van der Waals surface area contributed by atoms with E-state index in [2.05, 4.69) is 69.6 Å². The van der Waals surface area contributed by atoms with Crippen molar-refractivity contribution >= 4 is 31.6 Å². The Hall–Kier alpha value is -1.64. The zero-order valence-electron chi connectivity index (χ0n) is 12.3. The van der Waals surface area contributed by atoms with Crippen molar-refractivity contribution < 1.29 is 0 Å². The molecule has 0 bridgehead atoms. The number of hydrogen-bond donors (Lipinski definition) is 1. The molecule has 3 nitrogen and oxygen atoms in total. The summed E-state index contributed by atoms with van der Waals surface area (Å²) in [5.41, 5.74) is 4.56. The van der Waals surface area contributed by atoms with Gasteiger partial charge in [0.1, 0.15) is 0 Å². The number of rotatable bonds is 5. The second-order valence-corrected chi connectivity index (χ2v) is 6.69. The third-order valence-electron chi connectivity index (χ3n) is 3.83. The van der Waals surface area contributed by atoms with Gasteiger partial charge in [0.2, 0.25) is 0 Å². The van der Waals surface area contributed by atoms with Gasteiger partial charge in [-0.3, -0.25) is 0 Å². The molecule has 0 saturated heterocycles. The molecule has 2 aromatic carbocycles. The fourth-order valence-electron chi connectivity index (χ4n) is 2.61. The molecule has 1 N–H and O–H groups in total. The number of benzene rings is 2. The predicted octanol–water partition coefficient (Wildman–Crippen LogP) is 4.89. The Morgan fingerprint density at radius 1 is 1.00 bits per heavy atom. The average molecular weight is 344 g/mol. The normalized spacial score (nSPS) is 13.9. The molecule has 3 rings (SSSR count). The Morgan fingerprint density at radius 3 is 2.57 bits per heavy atom. The molecule has 1 atom stereocenters. The predicted molar refractivity (Wildman–Crippen MR) is 88.9 cm³/mol. The van der Waals surface area contributed by atoms with Crippen LogP contribution in [0.15, 0.2) is 56.5 Å². The number of anilines is 1. The van der Waals surface area contributed by atoms with Gasteiger partial charge in [0.15, 0.2) is 0 Å². The summed E-state index contributed by atoms with van der Waals surface area (Å²) in [6.45, 7) is 5.47. The summed E-state index contributed by atoms with van der Waals surface area (Å²) in [4.78, 5) is 0. The van der Waals surface area contributed by atoms with Crippen molar-refractivity contribution in [2.45, 2.75) is 19.8 Å². The van der Waals surface area contributed by atoms with Gasteiger partial charge < -0.3 is 0 Å². The Balaban J connectivity index is 1.77. The molecule has 0 saturated carbocycles. The van der Waals surface area contributed by atoms with Crippen LogP contribution in [0.5, 0.6) is 0 Å². The Bertz CT molecular complexity index is 688. The van der Waals surface area contributed by atoms with Crippen LogP contribution >= 0.6 is 0 Å². The van der Waals surface area contributed by atoms with Crippen LogP contribution in [-0.4, -0.2) is 21.1 Å². The Labute approximate surface area is 131 Å². The van der Waals surface area contributed by atoms with E-state index in [1.54, 1.807) is 0 Å². The minimum absolute atomic E-state index is 0.0248. The van der Waals surface area contributed by atoms with Crippen LogP contribution in [-0.2, 0) is 0 Å². The second kappa shape index (κ2) is 6.42. The molecule has 0 fully saturated rings. The zero-order chi connectivity index (χ0) is 14.7. The average Bonchev–Trinajstić information content (AvgIpc) is 2.97. The molecule has 2 aromatic rings. The SMILES string of the molecule is CC(C)C(CNc1cccc2c1N=[Se]=N2)c1ccccc1. The van der Waals surface area contributed by atoms with Crippen molar-refractivity contribution in [2.75, 3.05) is 11.9 Å². The number of fused-ring (bicyclic) bond motifs is 1. The van der Waals surface area contributed by atoms with Crippen molar-refractivity contribution in [2.24, 2.45) is 13.8 Å². The van der Waals surface area contributed by atoms with E-state index in [1.807, 2.05) is 6.07 Å². The molecular formula is C17H19N3Se. The molecule has 108 valence electrons. The fourth-order valence-corrected chi connectivity index (χ4v) is 3.76. The molecule has 1 aliphatic rings. The summed E-state index contributed by atoms with van der Waals surface area (Å²) in [6, 6.07) is 16.9. The molecule has 0 spiro atoms. The number of nitrogens with one attached hydrogen (secondary N) is 1. The van der Waals surface area contributed by atoms with Crippen LogP contribution in [0.3, 0.4) is 0 Å². The first kappa shape index (κ1) is 14.3. The fraction of sp³-hybridized carbons (Fsp3) is 0.294. The van der Waals surface area contributed by atoms with Crippen LogP contribution in [0, 0.1) is 5.92 Å². The second-order valence-electron chi connectivity index (χ2n) is 5.58. The molecule has 1 unspecified atom stereocenters. The first-order valence-corrected chi connectivity index (χ1v) is 8.79. The van der Waals surface area contributed by atoms with Gasteiger partial charge in [-0.15, -0.1) is 0 Å². The summed E-state index contributed by atoms with van der Waals surface area (Å²) in [5.74, 6) is 1.08. The van der Waals surface area contributed by atoms with E-state index in [0.717, 1.165) is 23.6 Å². The molecule has 1 aliphatic heterocycles. The van der Waals surface area contributed by atoms with Crippen molar-refractivity contribution in [1.82, 2.24) is 0 Å². The van der Waals surface area contributed by atoms with E-state index in [-0.39, 0.29) is 14.6 Å². The number of nitrogens with zero attached hydrogens (tertiary/aromatic N) is 2. The summed E-state index contributed by atoms with van der Waals surface area (Å²) in [6.07, 6.45) is 0. The van der Waals surface area contributed by atoms with Gasteiger partial charge in [0.05, 0.1) is 0 Å².